The first-order valence-corrected chi connectivity index (χ1v) is 35.3. The number of aliphatic hydroxyl groups excluding tert-OH is 1. The quantitative estimate of drug-likeness (QED) is 0.0243. The van der Waals surface area contributed by atoms with Crippen LogP contribution in [0.4, 0.5) is 0 Å². The monoisotopic (exact) mass is 1150 g/mol. The maximum Gasteiger partial charge on any atom is 0.472 e. The highest BCUT2D eigenvalue weighted by atomic mass is 31.2. The average Bonchev–Trinajstić information content (AvgIpc) is 3.43. The Morgan fingerprint density at radius 1 is 0.432 bits per heavy atom. The van der Waals surface area contributed by atoms with Crippen LogP contribution < -0.4 is 5.32 Å². The van der Waals surface area contributed by atoms with Gasteiger partial charge in [0, 0.05) is 6.42 Å². The van der Waals surface area contributed by atoms with Crippen LogP contribution in [0, 0.1) is 0 Å². The minimum atomic E-state index is -4.36. The minimum absolute atomic E-state index is 0.0515. The molecule has 0 aromatic rings. The van der Waals surface area contributed by atoms with E-state index in [1.807, 2.05) is 27.2 Å². The normalized spacial score (nSPS) is 14.4. The van der Waals surface area contributed by atoms with Crippen molar-refractivity contribution < 1.29 is 32.9 Å². The van der Waals surface area contributed by atoms with E-state index in [-0.39, 0.29) is 19.1 Å². The van der Waals surface area contributed by atoms with Gasteiger partial charge in [0.15, 0.2) is 0 Å². The van der Waals surface area contributed by atoms with Gasteiger partial charge in [0.2, 0.25) is 5.91 Å². The van der Waals surface area contributed by atoms with Gasteiger partial charge in [-0.25, -0.2) is 4.57 Å². The van der Waals surface area contributed by atoms with E-state index in [0.717, 1.165) is 83.5 Å². The summed E-state index contributed by atoms with van der Waals surface area (Å²) in [5, 5.41) is 13.9. The second-order valence-corrected chi connectivity index (χ2v) is 25.3. The van der Waals surface area contributed by atoms with E-state index in [1.165, 1.54) is 186 Å². The largest absolute Gasteiger partial charge is 0.472 e. The van der Waals surface area contributed by atoms with Crippen molar-refractivity contribution in [3.05, 3.63) is 109 Å². The summed E-state index contributed by atoms with van der Waals surface area (Å²) >= 11 is 0. The molecular formula is C72H130N2O6P+. The molecule has 0 radical (unpaired) electrons. The van der Waals surface area contributed by atoms with Gasteiger partial charge in [-0.2, -0.15) is 0 Å². The summed E-state index contributed by atoms with van der Waals surface area (Å²) in [7, 11) is 1.55. The number of aliphatic hydroxyl groups is 1. The molecule has 1 amide bonds. The summed E-state index contributed by atoms with van der Waals surface area (Å²) in [6.07, 6.45) is 91.0. The summed E-state index contributed by atoms with van der Waals surface area (Å²) in [5.74, 6) is -0.190. The molecule has 0 rings (SSSR count). The number of nitrogens with one attached hydrogen (secondary N) is 1. The number of quaternary nitrogens is 1. The summed E-state index contributed by atoms with van der Waals surface area (Å²) in [6, 6.07) is -0.874. The average molecular weight is 1150 g/mol. The van der Waals surface area contributed by atoms with Crippen LogP contribution in [0.1, 0.15) is 290 Å². The van der Waals surface area contributed by atoms with Gasteiger partial charge in [0.25, 0.3) is 0 Å². The molecule has 0 saturated carbocycles. The molecule has 0 aromatic heterocycles. The van der Waals surface area contributed by atoms with Crippen molar-refractivity contribution in [1.82, 2.24) is 5.32 Å². The zero-order chi connectivity index (χ0) is 59.1. The van der Waals surface area contributed by atoms with Crippen LogP contribution in [0.15, 0.2) is 109 Å². The Labute approximate surface area is 501 Å². The number of carbonyl (C=O) groups is 1. The highest BCUT2D eigenvalue weighted by molar-refractivity contribution is 7.47. The predicted octanol–water partition coefficient (Wildman–Crippen LogP) is 21.5. The fourth-order valence-electron chi connectivity index (χ4n) is 9.49. The SMILES string of the molecule is CC/C=C\C/C=C\C/C=C\C/C=C\C/C=C\C/C=C\CCCCCCCCCCCCCCCCCCCCCCCCC(=O)NC(COP(=O)(O)OCC[N+](C)(C)C)C(O)/C=C/CC/C=C/CC/C=C/CCCCCCCCCC. The molecule has 0 saturated heterocycles. The molecule has 0 bridgehead atoms. The van der Waals surface area contributed by atoms with E-state index < -0.39 is 20.0 Å². The van der Waals surface area contributed by atoms with Gasteiger partial charge in [-0.3, -0.25) is 13.8 Å². The molecule has 9 heteroatoms. The molecule has 468 valence electrons. The van der Waals surface area contributed by atoms with E-state index in [2.05, 4.69) is 116 Å². The Hall–Kier alpha value is -2.84. The first-order valence-electron chi connectivity index (χ1n) is 33.8. The molecule has 0 aliphatic carbocycles. The zero-order valence-corrected chi connectivity index (χ0v) is 54.4. The van der Waals surface area contributed by atoms with Crippen LogP contribution in [0.3, 0.4) is 0 Å². The highest BCUT2D eigenvalue weighted by Gasteiger charge is 2.28. The van der Waals surface area contributed by atoms with Crippen LogP contribution in [0.25, 0.3) is 0 Å². The van der Waals surface area contributed by atoms with Gasteiger partial charge in [-0.15, -0.1) is 0 Å². The lowest BCUT2D eigenvalue weighted by Crippen LogP contribution is -2.45. The standard InChI is InChI=1S/C72H129N2O6P/c1-6-8-10-12-14-16-18-20-22-24-26-27-28-29-30-31-32-33-34-35-36-37-38-39-40-41-42-43-44-45-46-47-48-50-52-54-56-58-60-62-64-66-72(76)73-70(69-80-81(77,78)79-68-67-74(3,4)5)71(75)65-63-61-59-57-55-53-51-49-25-23-21-19-17-15-13-11-9-7-2/h8,10,14,16,20,22,25-27,29-30,32-33,49,55,57,63,65,70-71,75H,6-7,9,11-13,15,17-19,21,23-24,28,31,34-48,50-54,56,58-62,64,66-69H2,1-5H3,(H-,73,76,77,78)/p+1/b10-8-,16-14-,22-20-,27-26-,30-29-,33-32-,49-25+,57-55+,65-63+. The van der Waals surface area contributed by atoms with E-state index in [4.69, 9.17) is 9.05 Å². The predicted molar refractivity (Wildman–Crippen MR) is 355 cm³/mol. The number of carbonyl (C=O) groups excluding carboxylic acids is 1. The van der Waals surface area contributed by atoms with Gasteiger partial charge in [-0.05, 0) is 96.3 Å². The Balaban J connectivity index is 3.99. The molecular weight excluding hydrogens is 1020 g/mol. The Morgan fingerprint density at radius 3 is 1.14 bits per heavy atom. The highest BCUT2D eigenvalue weighted by Crippen LogP contribution is 2.43. The molecule has 0 aliphatic heterocycles. The van der Waals surface area contributed by atoms with Gasteiger partial charge < -0.3 is 19.8 Å². The van der Waals surface area contributed by atoms with Gasteiger partial charge in [0.1, 0.15) is 13.2 Å². The summed E-state index contributed by atoms with van der Waals surface area (Å²) < 4.78 is 23.7. The van der Waals surface area contributed by atoms with Crippen LogP contribution in [0.2, 0.25) is 0 Å². The Kier molecular flexibility index (Phi) is 59.5. The van der Waals surface area contributed by atoms with Crippen molar-refractivity contribution >= 4 is 13.7 Å². The molecule has 3 atom stereocenters. The maximum atomic E-state index is 13.0. The molecule has 3 N–H and O–H groups in total. The van der Waals surface area contributed by atoms with Crippen molar-refractivity contribution in [2.24, 2.45) is 0 Å². The second-order valence-electron chi connectivity index (χ2n) is 23.8. The molecule has 0 aliphatic rings. The van der Waals surface area contributed by atoms with Crippen molar-refractivity contribution in [2.45, 2.75) is 302 Å². The third kappa shape index (κ3) is 64.6. The molecule has 0 heterocycles. The first-order chi connectivity index (χ1) is 39.5. The first kappa shape index (κ1) is 78.2. The number of likely N-dealkylation sites (N-methyl/N-ethyl adjacent to an activating group) is 1. The van der Waals surface area contributed by atoms with Crippen LogP contribution in [0.5, 0.6) is 0 Å². The number of phosphoric acid groups is 1. The lowest BCUT2D eigenvalue weighted by atomic mass is 10.0. The molecule has 3 unspecified atom stereocenters. The summed E-state index contributed by atoms with van der Waals surface area (Å²) in [6.45, 7) is 4.68. The van der Waals surface area contributed by atoms with Gasteiger partial charge >= 0.3 is 7.82 Å². The number of unbranched alkanes of at least 4 members (excludes halogenated alkanes) is 32. The lowest BCUT2D eigenvalue weighted by molar-refractivity contribution is -0.870. The van der Waals surface area contributed by atoms with E-state index in [0.29, 0.717) is 17.4 Å². The number of nitrogens with zero attached hydrogens (tertiary/aromatic N) is 1. The van der Waals surface area contributed by atoms with E-state index in [1.54, 1.807) is 6.08 Å². The fraction of sp³-hybridized carbons (Fsp3) is 0.736. The van der Waals surface area contributed by atoms with Crippen molar-refractivity contribution in [1.29, 1.82) is 0 Å². The van der Waals surface area contributed by atoms with Crippen molar-refractivity contribution in [2.75, 3.05) is 40.9 Å². The number of hydrogen-bond donors (Lipinski definition) is 3. The topological polar surface area (TPSA) is 105 Å². The van der Waals surface area contributed by atoms with Crippen molar-refractivity contribution in [3.8, 4) is 0 Å². The number of phosphoric ester groups is 1. The molecule has 81 heavy (non-hydrogen) atoms. The lowest BCUT2D eigenvalue weighted by Gasteiger charge is -2.25. The number of allylic oxidation sites excluding steroid dienone is 17. The smallest absolute Gasteiger partial charge is 0.387 e. The second kappa shape index (κ2) is 61.7. The zero-order valence-electron chi connectivity index (χ0n) is 53.5. The molecule has 0 fully saturated rings. The summed E-state index contributed by atoms with van der Waals surface area (Å²) in [5.41, 5.74) is 0. The van der Waals surface area contributed by atoms with Crippen molar-refractivity contribution in [3.63, 3.8) is 0 Å². The van der Waals surface area contributed by atoms with Crippen LogP contribution >= 0.6 is 7.82 Å². The van der Waals surface area contributed by atoms with E-state index >= 15 is 0 Å². The third-order valence-electron chi connectivity index (χ3n) is 14.7. The molecule has 0 aromatic carbocycles. The van der Waals surface area contributed by atoms with Crippen LogP contribution in [-0.4, -0.2) is 73.4 Å². The third-order valence-corrected chi connectivity index (χ3v) is 15.7. The summed E-state index contributed by atoms with van der Waals surface area (Å²) in [4.78, 5) is 23.4. The molecule has 0 spiro atoms. The van der Waals surface area contributed by atoms with E-state index in [9.17, 15) is 19.4 Å². The number of amides is 1. The maximum absolute atomic E-state index is 13.0. The van der Waals surface area contributed by atoms with Crippen LogP contribution in [-0.2, 0) is 18.4 Å². The minimum Gasteiger partial charge on any atom is -0.387 e. The number of hydrogen-bond acceptors (Lipinski definition) is 5. The molecule has 8 nitrogen and oxygen atoms in total. The van der Waals surface area contributed by atoms with Gasteiger partial charge in [0.05, 0.1) is 39.9 Å². The van der Waals surface area contributed by atoms with Gasteiger partial charge in [-0.1, -0.05) is 297 Å². The number of rotatable bonds is 61. The Morgan fingerprint density at radius 2 is 0.753 bits per heavy atom. The Bertz CT molecular complexity index is 1690. The fourth-order valence-corrected chi connectivity index (χ4v) is 10.2.